The maximum Gasteiger partial charge on any atom is 0.304 e. The molecule has 0 saturated heterocycles. The van der Waals surface area contributed by atoms with E-state index in [4.69, 9.17) is 5.11 Å². The molecule has 0 aromatic heterocycles. The summed E-state index contributed by atoms with van der Waals surface area (Å²) in [7, 11) is 0. The monoisotopic (exact) mass is 210 g/mol. The lowest BCUT2D eigenvalue weighted by Gasteiger charge is -2.23. The van der Waals surface area contributed by atoms with Gasteiger partial charge in [0.15, 0.2) is 0 Å². The third-order valence-corrected chi connectivity index (χ3v) is 2.48. The van der Waals surface area contributed by atoms with Crippen LogP contribution in [0.25, 0.3) is 0 Å². The number of carboxylic acids is 1. The summed E-state index contributed by atoms with van der Waals surface area (Å²) in [6.07, 6.45) is 0.0714. The molecule has 1 aromatic carbocycles. The van der Waals surface area contributed by atoms with E-state index in [2.05, 4.69) is 0 Å². The Hall–Kier alpha value is -1.38. The molecule has 1 rings (SSSR count). The van der Waals surface area contributed by atoms with Gasteiger partial charge in [-0.05, 0) is 11.1 Å². The van der Waals surface area contributed by atoms with Crippen LogP contribution in [0.15, 0.2) is 24.3 Å². The zero-order valence-electron chi connectivity index (χ0n) is 8.96. The quantitative estimate of drug-likeness (QED) is 0.829. The Morgan fingerprint density at radius 1 is 1.33 bits per heavy atom. The van der Waals surface area contributed by atoms with Crippen LogP contribution < -0.4 is 0 Å². The van der Waals surface area contributed by atoms with E-state index >= 15 is 0 Å². The van der Waals surface area contributed by atoms with E-state index < -0.39 is 18.1 Å². The van der Waals surface area contributed by atoms with E-state index in [1.807, 2.05) is 13.8 Å². The lowest BCUT2D eigenvalue weighted by atomic mass is 9.81. The highest BCUT2D eigenvalue weighted by atomic mass is 19.1. The van der Waals surface area contributed by atoms with E-state index in [0.717, 1.165) is 5.56 Å². The summed E-state index contributed by atoms with van der Waals surface area (Å²) in [6, 6.07) is 6.97. The Bertz CT molecular complexity index is 341. The first-order valence-electron chi connectivity index (χ1n) is 4.83. The number of carboxylic acid groups (broad SMARTS) is 1. The van der Waals surface area contributed by atoms with Crippen LogP contribution in [0.3, 0.4) is 0 Å². The molecule has 0 aliphatic carbocycles. The number of halogens is 1. The molecule has 0 saturated carbocycles. The predicted molar refractivity (Wildman–Crippen MR) is 56.5 cm³/mol. The Kier molecular flexibility index (Phi) is 3.45. The number of hydrogen-bond donors (Lipinski definition) is 1. The Labute approximate surface area is 88.7 Å². The second-order valence-corrected chi connectivity index (χ2v) is 4.28. The lowest BCUT2D eigenvalue weighted by Crippen LogP contribution is -2.21. The first-order chi connectivity index (χ1) is 6.95. The van der Waals surface area contributed by atoms with Gasteiger partial charge in [0, 0.05) is 5.41 Å². The Balaban J connectivity index is 2.89. The molecule has 0 heterocycles. The molecule has 15 heavy (non-hydrogen) atoms. The summed E-state index contributed by atoms with van der Waals surface area (Å²) in [6.45, 7) is 3.25. The molecule has 1 N–H and O–H groups in total. The topological polar surface area (TPSA) is 37.3 Å². The van der Waals surface area contributed by atoms with Crippen LogP contribution in [0.2, 0.25) is 0 Å². The Morgan fingerprint density at radius 2 is 1.87 bits per heavy atom. The number of carbonyl (C=O) groups is 1. The van der Waals surface area contributed by atoms with Gasteiger partial charge in [0.2, 0.25) is 0 Å². The average molecular weight is 210 g/mol. The van der Waals surface area contributed by atoms with Crippen molar-refractivity contribution in [2.75, 3.05) is 0 Å². The number of rotatable bonds is 4. The highest BCUT2D eigenvalue weighted by Crippen LogP contribution is 2.27. The molecular weight excluding hydrogens is 195 g/mol. The SMILES string of the molecule is CC(C)(CC(=O)O)c1ccc(CF)cc1. The van der Waals surface area contributed by atoms with E-state index in [1.165, 1.54) is 0 Å². The number of benzene rings is 1. The molecule has 0 spiro atoms. The molecule has 3 heteroatoms. The summed E-state index contributed by atoms with van der Waals surface area (Å²) in [5.41, 5.74) is 1.12. The van der Waals surface area contributed by atoms with Crippen molar-refractivity contribution in [3.05, 3.63) is 35.4 Å². The number of hydrogen-bond acceptors (Lipinski definition) is 1. The predicted octanol–water partition coefficient (Wildman–Crippen LogP) is 2.91. The van der Waals surface area contributed by atoms with Gasteiger partial charge in [-0.15, -0.1) is 0 Å². The van der Waals surface area contributed by atoms with Crippen molar-refractivity contribution in [2.24, 2.45) is 0 Å². The zero-order chi connectivity index (χ0) is 11.5. The maximum absolute atomic E-state index is 12.3. The fourth-order valence-electron chi connectivity index (χ4n) is 1.53. The van der Waals surface area contributed by atoms with Crippen molar-refractivity contribution in [3.63, 3.8) is 0 Å². The molecule has 0 aliphatic heterocycles. The smallest absolute Gasteiger partial charge is 0.304 e. The second-order valence-electron chi connectivity index (χ2n) is 4.28. The van der Waals surface area contributed by atoms with Crippen LogP contribution in [0, 0.1) is 0 Å². The first kappa shape index (κ1) is 11.7. The molecule has 0 amide bonds. The molecule has 82 valence electrons. The van der Waals surface area contributed by atoms with Crippen LogP contribution in [0.1, 0.15) is 31.4 Å². The first-order valence-corrected chi connectivity index (χ1v) is 4.83. The van der Waals surface area contributed by atoms with Crippen molar-refractivity contribution >= 4 is 5.97 Å². The normalized spacial score (nSPS) is 11.4. The molecule has 1 aromatic rings. The van der Waals surface area contributed by atoms with Gasteiger partial charge in [0.25, 0.3) is 0 Å². The highest BCUT2D eigenvalue weighted by molar-refractivity contribution is 5.68. The van der Waals surface area contributed by atoms with E-state index in [1.54, 1.807) is 24.3 Å². The minimum absolute atomic E-state index is 0.0714. The van der Waals surface area contributed by atoms with E-state index in [0.29, 0.717) is 5.56 Å². The zero-order valence-corrected chi connectivity index (χ0v) is 8.96. The van der Waals surface area contributed by atoms with Crippen LogP contribution in [0.5, 0.6) is 0 Å². The summed E-state index contributed by atoms with van der Waals surface area (Å²) in [4.78, 5) is 10.7. The average Bonchev–Trinajstić information content (AvgIpc) is 2.16. The fraction of sp³-hybridized carbons (Fsp3) is 0.417. The van der Waals surface area contributed by atoms with Crippen molar-refractivity contribution in [1.82, 2.24) is 0 Å². The summed E-state index contributed by atoms with van der Waals surface area (Å²) < 4.78 is 12.3. The Morgan fingerprint density at radius 3 is 2.27 bits per heavy atom. The van der Waals surface area contributed by atoms with Gasteiger partial charge in [0.05, 0.1) is 6.42 Å². The van der Waals surface area contributed by atoms with Crippen LogP contribution in [0.4, 0.5) is 4.39 Å². The van der Waals surface area contributed by atoms with Crippen LogP contribution in [-0.2, 0) is 16.9 Å². The van der Waals surface area contributed by atoms with Gasteiger partial charge in [-0.3, -0.25) is 4.79 Å². The van der Waals surface area contributed by atoms with Gasteiger partial charge >= 0.3 is 5.97 Å². The largest absolute Gasteiger partial charge is 0.481 e. The van der Waals surface area contributed by atoms with Crippen molar-refractivity contribution in [3.8, 4) is 0 Å². The molecule has 2 nitrogen and oxygen atoms in total. The molecule has 0 atom stereocenters. The van der Waals surface area contributed by atoms with Crippen molar-refractivity contribution in [2.45, 2.75) is 32.4 Å². The van der Waals surface area contributed by atoms with E-state index in [-0.39, 0.29) is 6.42 Å². The minimum atomic E-state index is -0.824. The summed E-state index contributed by atoms with van der Waals surface area (Å²) in [5.74, 6) is -0.824. The van der Waals surface area contributed by atoms with Gasteiger partial charge in [-0.2, -0.15) is 0 Å². The van der Waals surface area contributed by atoms with E-state index in [9.17, 15) is 9.18 Å². The molecule has 0 fully saturated rings. The molecule has 0 radical (unpaired) electrons. The van der Waals surface area contributed by atoms with Crippen molar-refractivity contribution in [1.29, 1.82) is 0 Å². The lowest BCUT2D eigenvalue weighted by molar-refractivity contribution is -0.138. The second kappa shape index (κ2) is 4.43. The van der Waals surface area contributed by atoms with Crippen molar-refractivity contribution < 1.29 is 14.3 Å². The van der Waals surface area contributed by atoms with Crippen LogP contribution in [-0.4, -0.2) is 11.1 Å². The third kappa shape index (κ3) is 3.05. The summed E-state index contributed by atoms with van der Waals surface area (Å²) in [5, 5.41) is 8.75. The van der Waals surface area contributed by atoms with Gasteiger partial charge in [-0.25, -0.2) is 4.39 Å². The maximum atomic E-state index is 12.3. The molecule has 0 unspecified atom stereocenters. The van der Waals surface area contributed by atoms with Gasteiger partial charge in [0.1, 0.15) is 6.67 Å². The number of aliphatic carboxylic acids is 1. The highest BCUT2D eigenvalue weighted by Gasteiger charge is 2.23. The minimum Gasteiger partial charge on any atom is -0.481 e. The molecule has 0 bridgehead atoms. The van der Waals surface area contributed by atoms with Gasteiger partial charge < -0.3 is 5.11 Å². The molecular formula is C12H15FO2. The fourth-order valence-corrected chi connectivity index (χ4v) is 1.53. The number of alkyl halides is 1. The molecule has 0 aliphatic rings. The van der Waals surface area contributed by atoms with Gasteiger partial charge in [-0.1, -0.05) is 38.1 Å². The van der Waals surface area contributed by atoms with Crippen LogP contribution >= 0.6 is 0 Å². The summed E-state index contributed by atoms with van der Waals surface area (Å²) >= 11 is 0. The third-order valence-electron chi connectivity index (χ3n) is 2.48. The standard InChI is InChI=1S/C12H15FO2/c1-12(2,7-11(14)15)10-5-3-9(8-13)4-6-10/h3-6H,7-8H2,1-2H3,(H,14,15).